The quantitative estimate of drug-likeness (QED) is 0.0947. The fraction of sp³-hybridized carbons (Fsp3) is 0.310. The number of methoxy groups -OCH3 is 1. The molecule has 0 saturated carbocycles. The Hall–Kier alpha value is -6.97. The number of imidazole rings is 2. The number of hydrogen-bond donors (Lipinski definition) is 4. The van der Waals surface area contributed by atoms with E-state index in [2.05, 4.69) is 37.9 Å². The van der Waals surface area contributed by atoms with Gasteiger partial charge in [-0.1, -0.05) is 59.8 Å². The molecule has 3 aromatic carbocycles. The van der Waals surface area contributed by atoms with Gasteiger partial charge in [-0.3, -0.25) is 9.59 Å². The van der Waals surface area contributed by atoms with Crippen LogP contribution in [0.25, 0.3) is 11.1 Å². The van der Waals surface area contributed by atoms with Crippen molar-refractivity contribution < 1.29 is 28.4 Å². The third-order valence-electron chi connectivity index (χ3n) is 9.80. The van der Waals surface area contributed by atoms with Gasteiger partial charge in [0.1, 0.15) is 17.8 Å². The Morgan fingerprint density at radius 2 is 1.66 bits per heavy atom. The predicted octanol–water partition coefficient (Wildman–Crippen LogP) is 4.54. The van der Waals surface area contributed by atoms with E-state index in [9.17, 15) is 14.4 Å². The number of carbonyl (C=O) groups is 3. The van der Waals surface area contributed by atoms with Gasteiger partial charge in [-0.05, 0) is 72.2 Å². The molecule has 16 heteroatoms. The molecule has 2 unspecified atom stereocenters. The average molecular weight is 789 g/mol. The van der Waals surface area contributed by atoms with E-state index in [-0.39, 0.29) is 25.2 Å². The standard InChI is InChI=1S/C42H48N10O6/c1-26-19-32(56-4)20-27(2)33(26)23-34(47-39(54)36(57-42(44)55)11-8-17-52-18-16-45-41(52)43)38(53)48-35(22-31-24-51(3)25-46-31)40-49-37(50-58-40)21-28-12-14-30(15-13-28)29-9-6-5-7-10-29/h5-7,9-10,12-16,18-20,24-25,34-36H,8,11,17,21-23H2,1-4H3,(H2,43,45)(H2,44,55)(H,47,54)(H,48,53)/t34?,35-,36?/m0/s1. The number of nitrogens with two attached hydrogens (primary N) is 2. The summed E-state index contributed by atoms with van der Waals surface area (Å²) in [5.74, 6) is 0.341. The van der Waals surface area contributed by atoms with Crippen LogP contribution in [-0.4, -0.2) is 66.4 Å². The van der Waals surface area contributed by atoms with E-state index < -0.39 is 36.1 Å². The second kappa shape index (κ2) is 18.8. The van der Waals surface area contributed by atoms with Gasteiger partial charge in [0.25, 0.3) is 5.91 Å². The van der Waals surface area contributed by atoms with Gasteiger partial charge < -0.3 is 45.2 Å². The van der Waals surface area contributed by atoms with Gasteiger partial charge in [0, 0.05) is 51.4 Å². The van der Waals surface area contributed by atoms with E-state index in [1.165, 1.54) is 0 Å². The number of primary amides is 1. The number of nitrogens with zero attached hydrogens (tertiary/aromatic N) is 6. The van der Waals surface area contributed by atoms with Crippen molar-refractivity contribution >= 4 is 23.9 Å². The maximum absolute atomic E-state index is 14.5. The Balaban J connectivity index is 1.24. The van der Waals surface area contributed by atoms with Gasteiger partial charge >= 0.3 is 6.09 Å². The summed E-state index contributed by atoms with van der Waals surface area (Å²) in [6.07, 6.45) is 5.54. The third kappa shape index (κ3) is 10.7. The van der Waals surface area contributed by atoms with E-state index in [4.69, 9.17) is 30.4 Å². The maximum Gasteiger partial charge on any atom is 0.405 e. The van der Waals surface area contributed by atoms with Crippen LogP contribution in [0.4, 0.5) is 10.7 Å². The minimum Gasteiger partial charge on any atom is -0.497 e. The molecule has 0 aliphatic carbocycles. The minimum atomic E-state index is -1.29. The summed E-state index contributed by atoms with van der Waals surface area (Å²) >= 11 is 0. The first kappa shape index (κ1) is 40.7. The fourth-order valence-electron chi connectivity index (χ4n) is 6.80. The summed E-state index contributed by atoms with van der Waals surface area (Å²) in [4.78, 5) is 53.5. The van der Waals surface area contributed by atoms with Gasteiger partial charge in [0.15, 0.2) is 17.9 Å². The van der Waals surface area contributed by atoms with Gasteiger partial charge in [-0.2, -0.15) is 4.98 Å². The molecule has 0 spiro atoms. The topological polar surface area (TPSA) is 220 Å². The summed E-state index contributed by atoms with van der Waals surface area (Å²) in [5, 5.41) is 10.1. The highest BCUT2D eigenvalue weighted by Gasteiger charge is 2.32. The van der Waals surface area contributed by atoms with Crippen LogP contribution in [0.15, 0.2) is 96.2 Å². The van der Waals surface area contributed by atoms with Crippen LogP contribution in [-0.2, 0) is 47.2 Å². The van der Waals surface area contributed by atoms with E-state index >= 15 is 0 Å². The van der Waals surface area contributed by atoms with E-state index in [1.54, 1.807) is 35.0 Å². The molecule has 16 nitrogen and oxygen atoms in total. The molecule has 0 fully saturated rings. The number of ether oxygens (including phenoxy) is 2. The lowest BCUT2D eigenvalue weighted by Gasteiger charge is -2.25. The number of aromatic nitrogens is 6. The lowest BCUT2D eigenvalue weighted by molar-refractivity contribution is -0.134. The molecule has 0 aliphatic rings. The van der Waals surface area contributed by atoms with Gasteiger partial charge in [0.05, 0.1) is 19.1 Å². The van der Waals surface area contributed by atoms with E-state index in [1.807, 2.05) is 81.7 Å². The Kier molecular flexibility index (Phi) is 13.2. The van der Waals surface area contributed by atoms with Gasteiger partial charge in [0.2, 0.25) is 11.8 Å². The Labute approximate surface area is 336 Å². The van der Waals surface area contributed by atoms with Crippen LogP contribution in [0.5, 0.6) is 5.75 Å². The molecule has 6 rings (SSSR count). The minimum absolute atomic E-state index is 0.0957. The van der Waals surface area contributed by atoms with Gasteiger partial charge in [-0.15, -0.1) is 0 Å². The Morgan fingerprint density at radius 3 is 2.29 bits per heavy atom. The second-order valence-electron chi connectivity index (χ2n) is 14.1. The van der Waals surface area contributed by atoms with Crippen molar-refractivity contribution in [2.24, 2.45) is 12.8 Å². The maximum atomic E-state index is 14.5. The number of amides is 3. The summed E-state index contributed by atoms with van der Waals surface area (Å²) < 4.78 is 20.0. The molecule has 58 heavy (non-hydrogen) atoms. The first-order chi connectivity index (χ1) is 27.9. The molecule has 6 N–H and O–H groups in total. The van der Waals surface area contributed by atoms with Crippen molar-refractivity contribution in [2.45, 2.75) is 70.7 Å². The predicted molar refractivity (Wildman–Crippen MR) is 215 cm³/mol. The molecular weight excluding hydrogens is 741 g/mol. The average Bonchev–Trinajstić information content (AvgIpc) is 3.96. The summed E-state index contributed by atoms with van der Waals surface area (Å²) in [7, 11) is 3.43. The molecule has 0 aliphatic heterocycles. The summed E-state index contributed by atoms with van der Waals surface area (Å²) in [6, 6.07) is 20.0. The molecule has 3 heterocycles. The van der Waals surface area contributed by atoms with Crippen molar-refractivity contribution in [3.63, 3.8) is 0 Å². The summed E-state index contributed by atoms with van der Waals surface area (Å²) in [6.45, 7) is 4.22. The Bertz CT molecular complexity index is 2290. The number of rotatable bonds is 18. The number of nitrogens with one attached hydrogen (secondary N) is 2. The lowest BCUT2D eigenvalue weighted by atomic mass is 9.95. The molecule has 3 amide bonds. The van der Waals surface area contributed by atoms with Crippen LogP contribution >= 0.6 is 0 Å². The zero-order valence-electron chi connectivity index (χ0n) is 32.9. The summed E-state index contributed by atoms with van der Waals surface area (Å²) in [5.41, 5.74) is 17.7. The lowest BCUT2D eigenvalue weighted by Crippen LogP contribution is -2.52. The monoisotopic (exact) mass is 788 g/mol. The largest absolute Gasteiger partial charge is 0.497 e. The zero-order valence-corrected chi connectivity index (χ0v) is 32.9. The molecular formula is C42H48N10O6. The Morgan fingerprint density at radius 1 is 0.931 bits per heavy atom. The number of hydrogen-bond acceptors (Lipinski definition) is 11. The number of aryl methyl sites for hydroxylation is 4. The molecule has 3 aromatic heterocycles. The number of anilines is 1. The van der Waals surface area contributed by atoms with Crippen molar-refractivity contribution in [3.05, 3.63) is 131 Å². The fourth-order valence-corrected chi connectivity index (χ4v) is 6.80. The van der Waals surface area contributed by atoms with Crippen LogP contribution < -0.4 is 26.8 Å². The highest BCUT2D eigenvalue weighted by Crippen LogP contribution is 2.25. The first-order valence-corrected chi connectivity index (χ1v) is 18.9. The number of benzene rings is 3. The van der Waals surface area contributed by atoms with Crippen LogP contribution in [0.2, 0.25) is 0 Å². The van der Waals surface area contributed by atoms with Crippen LogP contribution in [0, 0.1) is 13.8 Å². The first-order valence-electron chi connectivity index (χ1n) is 18.9. The molecule has 302 valence electrons. The second-order valence-corrected chi connectivity index (χ2v) is 14.1. The molecule has 6 aromatic rings. The highest BCUT2D eigenvalue weighted by molar-refractivity contribution is 5.90. The molecule has 0 saturated heterocycles. The van der Waals surface area contributed by atoms with Crippen LogP contribution in [0.3, 0.4) is 0 Å². The van der Waals surface area contributed by atoms with Crippen molar-refractivity contribution in [2.75, 3.05) is 12.8 Å². The molecule has 0 radical (unpaired) electrons. The molecule has 3 atom stereocenters. The van der Waals surface area contributed by atoms with Crippen molar-refractivity contribution in [1.29, 1.82) is 0 Å². The van der Waals surface area contributed by atoms with E-state index in [0.29, 0.717) is 42.6 Å². The van der Waals surface area contributed by atoms with Crippen LogP contribution in [0.1, 0.15) is 58.5 Å². The smallest absolute Gasteiger partial charge is 0.405 e. The normalized spacial score (nSPS) is 12.7. The third-order valence-corrected chi connectivity index (χ3v) is 9.80. The van der Waals surface area contributed by atoms with E-state index in [0.717, 1.165) is 33.4 Å². The number of carbonyl (C=O) groups excluding carboxylic acids is 3. The SMILES string of the molecule is COc1cc(C)c(CC(NC(=O)C(CCCn2ccnc2N)OC(N)=O)C(=O)N[C@@H](Cc2cn(C)cn2)c2nc(Cc3ccc(-c4ccccc4)cc3)no2)c(C)c1. The van der Waals surface area contributed by atoms with Crippen molar-refractivity contribution in [1.82, 2.24) is 39.9 Å². The van der Waals surface area contributed by atoms with Gasteiger partial charge in [-0.25, -0.2) is 14.8 Å². The van der Waals surface area contributed by atoms with Crippen molar-refractivity contribution in [3.8, 4) is 16.9 Å². The molecule has 0 bridgehead atoms. The zero-order chi connectivity index (χ0) is 41.2. The number of nitrogen functional groups attached to an aromatic ring is 1. The highest BCUT2D eigenvalue weighted by atomic mass is 16.6.